The largest absolute Gasteiger partial charge is 0.462 e. The van der Waals surface area contributed by atoms with Crippen LogP contribution in [-0.2, 0) is 28.6 Å². The van der Waals surface area contributed by atoms with Gasteiger partial charge in [-0.1, -0.05) is 244 Å². The Bertz CT molecular complexity index is 1630. The van der Waals surface area contributed by atoms with Crippen LogP contribution in [0.2, 0.25) is 0 Å². The summed E-state index contributed by atoms with van der Waals surface area (Å²) in [6.45, 7) is 6.46. The van der Waals surface area contributed by atoms with E-state index in [2.05, 4.69) is 154 Å². The summed E-state index contributed by atoms with van der Waals surface area (Å²) in [6.07, 6.45) is 88.8. The molecule has 0 aliphatic heterocycles. The van der Waals surface area contributed by atoms with Gasteiger partial charge in [-0.15, -0.1) is 0 Å². The van der Waals surface area contributed by atoms with Gasteiger partial charge in [0.15, 0.2) is 6.10 Å². The van der Waals surface area contributed by atoms with Gasteiger partial charge in [-0.05, 0) is 141 Å². The summed E-state index contributed by atoms with van der Waals surface area (Å²) in [4.78, 5) is 38.2. The number of hydrogen-bond acceptors (Lipinski definition) is 6. The van der Waals surface area contributed by atoms with Crippen LogP contribution >= 0.6 is 0 Å². The lowest BCUT2D eigenvalue weighted by atomic mass is 10.1. The van der Waals surface area contributed by atoms with Gasteiger partial charge in [0, 0.05) is 19.3 Å². The predicted molar refractivity (Wildman–Crippen MR) is 329 cm³/mol. The van der Waals surface area contributed by atoms with Crippen LogP contribution in [0, 0.1) is 0 Å². The SMILES string of the molecule is CC/C=C\C/C=C\C/C=C\C/C=C\C/C=C\C/C=C\C/C=C\C/C=C\C/C=C\CCCCCC(=O)OCC(COC(=O)CCCCCCC/C=C\CCCCCC)OC(=O)CCCCCCC/C=C\CCCCCCC. The Morgan fingerprint density at radius 3 is 0.842 bits per heavy atom. The van der Waals surface area contributed by atoms with Crippen LogP contribution in [0.1, 0.15) is 271 Å². The third-order valence-corrected chi connectivity index (χ3v) is 12.9. The molecule has 0 aromatic heterocycles. The van der Waals surface area contributed by atoms with Crippen molar-refractivity contribution in [3.63, 3.8) is 0 Å². The number of allylic oxidation sites excluding steroid dienone is 22. The normalized spacial score (nSPS) is 13.0. The van der Waals surface area contributed by atoms with Gasteiger partial charge in [-0.25, -0.2) is 0 Å². The van der Waals surface area contributed by atoms with Gasteiger partial charge < -0.3 is 14.2 Å². The standard InChI is InChI=1S/C70H114O6/c1-4-7-10-13-16-19-22-25-27-28-29-30-31-32-33-34-35-36-37-38-39-40-41-42-43-46-48-51-54-57-60-63-69(72)75-66-67(65-74-68(71)62-59-56-53-50-47-44-24-21-18-15-12-9-6-3)76-70(73)64-61-58-55-52-49-45-26-23-20-17-14-11-8-5-2/h7,10,16,19,21,23-27,29-30,32-33,35-36,38-39,41-42,46,48,67H,4-6,8-9,11-15,17-18,20,22,28,31,34,37,40,43-45,47,49-66H2,1-3H3/b10-7-,19-16-,24-21-,26-23-,27-25-,30-29-,33-32-,36-35-,39-38-,42-41-,48-46-. The Hall–Kier alpha value is -4.45. The topological polar surface area (TPSA) is 78.9 Å². The number of esters is 3. The minimum Gasteiger partial charge on any atom is -0.462 e. The molecule has 0 aliphatic rings. The number of rotatable bonds is 55. The Morgan fingerprint density at radius 2 is 0.513 bits per heavy atom. The molecule has 0 bridgehead atoms. The molecular weight excluding hydrogens is 937 g/mol. The number of carbonyl (C=O) groups is 3. The van der Waals surface area contributed by atoms with Crippen molar-refractivity contribution < 1.29 is 28.6 Å². The summed E-state index contributed by atoms with van der Waals surface area (Å²) in [5.74, 6) is -0.951. The molecule has 1 unspecified atom stereocenters. The molecule has 0 N–H and O–H groups in total. The first kappa shape index (κ1) is 71.5. The lowest BCUT2D eigenvalue weighted by Crippen LogP contribution is -2.30. The van der Waals surface area contributed by atoms with E-state index in [9.17, 15) is 14.4 Å². The highest BCUT2D eigenvalue weighted by atomic mass is 16.6. The molecule has 0 rings (SSSR count). The Balaban J connectivity index is 4.37. The van der Waals surface area contributed by atoms with Crippen LogP contribution in [0.15, 0.2) is 134 Å². The molecule has 0 aromatic carbocycles. The maximum Gasteiger partial charge on any atom is 0.306 e. The van der Waals surface area contributed by atoms with E-state index >= 15 is 0 Å². The maximum atomic E-state index is 12.9. The fraction of sp³-hybridized carbons (Fsp3) is 0.643. The van der Waals surface area contributed by atoms with Crippen LogP contribution < -0.4 is 0 Å². The zero-order valence-corrected chi connectivity index (χ0v) is 49.2. The van der Waals surface area contributed by atoms with E-state index in [1.807, 2.05) is 0 Å². The molecule has 6 heteroatoms. The van der Waals surface area contributed by atoms with Crippen molar-refractivity contribution >= 4 is 17.9 Å². The average Bonchev–Trinajstić information content (AvgIpc) is 3.42. The summed E-state index contributed by atoms with van der Waals surface area (Å²) in [7, 11) is 0. The minimum absolute atomic E-state index is 0.0990. The van der Waals surface area contributed by atoms with Crippen LogP contribution in [-0.4, -0.2) is 37.2 Å². The fourth-order valence-corrected chi connectivity index (χ4v) is 8.19. The lowest BCUT2D eigenvalue weighted by molar-refractivity contribution is -0.167. The van der Waals surface area contributed by atoms with Crippen molar-refractivity contribution in [2.75, 3.05) is 13.2 Å². The van der Waals surface area contributed by atoms with Gasteiger partial charge in [-0.3, -0.25) is 14.4 Å². The molecule has 0 aliphatic carbocycles. The Labute approximate surface area is 468 Å². The smallest absolute Gasteiger partial charge is 0.306 e. The Morgan fingerprint density at radius 1 is 0.276 bits per heavy atom. The van der Waals surface area contributed by atoms with Crippen molar-refractivity contribution in [3.05, 3.63) is 134 Å². The van der Waals surface area contributed by atoms with Gasteiger partial charge in [-0.2, -0.15) is 0 Å². The third kappa shape index (κ3) is 60.4. The second kappa shape index (κ2) is 63.1. The van der Waals surface area contributed by atoms with E-state index in [0.717, 1.165) is 148 Å². The quantitative estimate of drug-likeness (QED) is 0.0261. The van der Waals surface area contributed by atoms with E-state index < -0.39 is 6.10 Å². The summed E-state index contributed by atoms with van der Waals surface area (Å²) >= 11 is 0. The summed E-state index contributed by atoms with van der Waals surface area (Å²) < 4.78 is 16.8. The second-order valence-corrected chi connectivity index (χ2v) is 20.2. The van der Waals surface area contributed by atoms with E-state index in [-0.39, 0.29) is 31.1 Å². The van der Waals surface area contributed by atoms with Gasteiger partial charge >= 0.3 is 17.9 Å². The van der Waals surface area contributed by atoms with Crippen LogP contribution in [0.25, 0.3) is 0 Å². The number of unbranched alkanes of at least 4 members (excludes halogenated alkanes) is 22. The average molecular weight is 1050 g/mol. The van der Waals surface area contributed by atoms with Crippen LogP contribution in [0.3, 0.4) is 0 Å². The maximum absolute atomic E-state index is 12.9. The number of carbonyl (C=O) groups excluding carboxylic acids is 3. The van der Waals surface area contributed by atoms with Crippen LogP contribution in [0.4, 0.5) is 0 Å². The molecule has 0 spiro atoms. The van der Waals surface area contributed by atoms with Crippen molar-refractivity contribution in [2.24, 2.45) is 0 Å². The molecule has 0 saturated carbocycles. The summed E-state index contributed by atoms with van der Waals surface area (Å²) in [5, 5.41) is 0. The zero-order valence-electron chi connectivity index (χ0n) is 49.2. The van der Waals surface area contributed by atoms with Gasteiger partial charge in [0.1, 0.15) is 13.2 Å². The lowest BCUT2D eigenvalue weighted by Gasteiger charge is -2.18. The fourth-order valence-electron chi connectivity index (χ4n) is 8.19. The van der Waals surface area contributed by atoms with Crippen molar-refractivity contribution in [1.29, 1.82) is 0 Å². The first-order valence-electron chi connectivity index (χ1n) is 31.2. The highest BCUT2D eigenvalue weighted by Crippen LogP contribution is 2.14. The number of hydrogen-bond donors (Lipinski definition) is 0. The first-order valence-corrected chi connectivity index (χ1v) is 31.2. The molecule has 430 valence electrons. The van der Waals surface area contributed by atoms with E-state index in [0.29, 0.717) is 19.3 Å². The monoisotopic (exact) mass is 1050 g/mol. The van der Waals surface area contributed by atoms with Gasteiger partial charge in [0.05, 0.1) is 0 Å². The Kier molecular flexibility index (Phi) is 59.4. The molecule has 76 heavy (non-hydrogen) atoms. The van der Waals surface area contributed by atoms with Crippen molar-refractivity contribution in [1.82, 2.24) is 0 Å². The second-order valence-electron chi connectivity index (χ2n) is 20.2. The third-order valence-electron chi connectivity index (χ3n) is 12.9. The molecule has 0 fully saturated rings. The zero-order chi connectivity index (χ0) is 55.0. The molecule has 1 atom stereocenters. The molecule has 0 saturated heterocycles. The summed E-state index contributed by atoms with van der Waals surface area (Å²) in [5.41, 5.74) is 0. The first-order chi connectivity index (χ1) is 37.5. The van der Waals surface area contributed by atoms with Gasteiger partial charge in [0.2, 0.25) is 0 Å². The van der Waals surface area contributed by atoms with E-state index in [1.165, 1.54) is 83.5 Å². The van der Waals surface area contributed by atoms with E-state index in [1.54, 1.807) is 0 Å². The molecule has 0 radical (unpaired) electrons. The predicted octanol–water partition coefficient (Wildman–Crippen LogP) is 21.4. The van der Waals surface area contributed by atoms with Crippen molar-refractivity contribution in [3.8, 4) is 0 Å². The van der Waals surface area contributed by atoms with Crippen molar-refractivity contribution in [2.45, 2.75) is 277 Å². The molecule has 0 aromatic rings. The minimum atomic E-state index is -0.804. The molecule has 0 heterocycles. The molecule has 0 amide bonds. The highest BCUT2D eigenvalue weighted by molar-refractivity contribution is 5.71. The van der Waals surface area contributed by atoms with Gasteiger partial charge in [0.25, 0.3) is 0 Å². The van der Waals surface area contributed by atoms with Crippen LogP contribution in [0.5, 0.6) is 0 Å². The number of ether oxygens (including phenoxy) is 3. The highest BCUT2D eigenvalue weighted by Gasteiger charge is 2.19. The molecular formula is C70H114O6. The summed E-state index contributed by atoms with van der Waals surface area (Å²) in [6, 6.07) is 0. The van der Waals surface area contributed by atoms with E-state index in [4.69, 9.17) is 14.2 Å². The molecule has 6 nitrogen and oxygen atoms in total.